The summed E-state index contributed by atoms with van der Waals surface area (Å²) in [6, 6.07) is 17.7. The van der Waals surface area contributed by atoms with Crippen molar-refractivity contribution < 1.29 is 9.53 Å². The average molecular weight is 412 g/mol. The van der Waals surface area contributed by atoms with Crippen molar-refractivity contribution in [3.05, 3.63) is 76.4 Å². The zero-order valence-corrected chi connectivity index (χ0v) is 15.6. The molecular formula is C20H18BrN3O2. The number of hydrogen-bond donors (Lipinski definition) is 1. The fourth-order valence-corrected chi connectivity index (χ4v) is 3.32. The van der Waals surface area contributed by atoms with Crippen LogP contribution in [0, 0.1) is 5.92 Å². The second kappa shape index (κ2) is 7.33. The molecule has 0 aliphatic carbocycles. The van der Waals surface area contributed by atoms with Crippen LogP contribution in [0.1, 0.15) is 11.1 Å². The molecule has 0 unspecified atom stereocenters. The standard InChI is InChI=1S/C20H18BrN3O2/c21-17-7-5-14(6-8-17)12-24-19(9-10-22-24)23-20(25)16-11-15-3-1-2-4-18(15)26-13-16/h1-10,16H,11-13H2,(H,23,25)/t16-/m1/s1. The number of carbonyl (C=O) groups excluding carboxylic acids is 1. The molecule has 5 nitrogen and oxygen atoms in total. The first-order valence-corrected chi connectivity index (χ1v) is 9.26. The Labute approximate surface area is 160 Å². The first-order valence-electron chi connectivity index (χ1n) is 8.47. The van der Waals surface area contributed by atoms with Crippen molar-refractivity contribution in [3.8, 4) is 5.75 Å². The van der Waals surface area contributed by atoms with Crippen molar-refractivity contribution in [2.75, 3.05) is 11.9 Å². The van der Waals surface area contributed by atoms with Gasteiger partial charge in [-0.15, -0.1) is 0 Å². The molecule has 0 spiro atoms. The zero-order valence-electron chi connectivity index (χ0n) is 14.1. The third kappa shape index (κ3) is 3.65. The maximum Gasteiger partial charge on any atom is 0.232 e. The average Bonchev–Trinajstić information content (AvgIpc) is 3.10. The van der Waals surface area contributed by atoms with Gasteiger partial charge in [0.15, 0.2) is 0 Å². The molecule has 1 aliphatic rings. The van der Waals surface area contributed by atoms with Gasteiger partial charge in [0.1, 0.15) is 18.2 Å². The molecule has 132 valence electrons. The molecule has 26 heavy (non-hydrogen) atoms. The van der Waals surface area contributed by atoms with E-state index in [9.17, 15) is 4.79 Å². The molecule has 2 heterocycles. The Morgan fingerprint density at radius 1 is 1.19 bits per heavy atom. The Kier molecular flexibility index (Phi) is 4.75. The summed E-state index contributed by atoms with van der Waals surface area (Å²) in [5.41, 5.74) is 2.18. The number of hydrogen-bond acceptors (Lipinski definition) is 3. The highest BCUT2D eigenvalue weighted by Crippen LogP contribution is 2.27. The van der Waals surface area contributed by atoms with Crippen molar-refractivity contribution in [3.63, 3.8) is 0 Å². The number of para-hydroxylation sites is 1. The van der Waals surface area contributed by atoms with Crippen LogP contribution < -0.4 is 10.1 Å². The minimum absolute atomic E-state index is 0.0444. The Morgan fingerprint density at radius 2 is 2.00 bits per heavy atom. The van der Waals surface area contributed by atoms with Crippen molar-refractivity contribution >= 4 is 27.7 Å². The first-order chi connectivity index (χ1) is 12.7. The quantitative estimate of drug-likeness (QED) is 0.708. The van der Waals surface area contributed by atoms with Crippen LogP contribution >= 0.6 is 15.9 Å². The van der Waals surface area contributed by atoms with E-state index in [1.165, 1.54) is 0 Å². The van der Waals surface area contributed by atoms with Gasteiger partial charge in [0.2, 0.25) is 5.91 Å². The summed E-state index contributed by atoms with van der Waals surface area (Å²) in [7, 11) is 0. The number of benzene rings is 2. The lowest BCUT2D eigenvalue weighted by atomic mass is 9.96. The fourth-order valence-electron chi connectivity index (χ4n) is 3.05. The highest BCUT2D eigenvalue weighted by atomic mass is 79.9. The normalized spacial score (nSPS) is 15.8. The van der Waals surface area contributed by atoms with Crippen LogP contribution in [0.15, 0.2) is 65.3 Å². The monoisotopic (exact) mass is 411 g/mol. The van der Waals surface area contributed by atoms with E-state index in [0.717, 1.165) is 21.3 Å². The van der Waals surface area contributed by atoms with E-state index >= 15 is 0 Å². The molecule has 0 radical (unpaired) electrons. The van der Waals surface area contributed by atoms with Gasteiger partial charge in [-0.1, -0.05) is 46.3 Å². The van der Waals surface area contributed by atoms with Crippen LogP contribution in [-0.4, -0.2) is 22.3 Å². The number of rotatable bonds is 4. The van der Waals surface area contributed by atoms with Crippen LogP contribution in [0.25, 0.3) is 0 Å². The molecule has 0 saturated heterocycles. The minimum atomic E-state index is -0.207. The van der Waals surface area contributed by atoms with Gasteiger partial charge >= 0.3 is 0 Å². The zero-order chi connectivity index (χ0) is 17.9. The minimum Gasteiger partial charge on any atom is -0.492 e. The van der Waals surface area contributed by atoms with Crippen LogP contribution in [0.4, 0.5) is 5.82 Å². The molecule has 0 fully saturated rings. The number of halogens is 1. The molecular weight excluding hydrogens is 394 g/mol. The lowest BCUT2D eigenvalue weighted by molar-refractivity contribution is -0.121. The van der Waals surface area contributed by atoms with Crippen molar-refractivity contribution in [2.45, 2.75) is 13.0 Å². The van der Waals surface area contributed by atoms with E-state index in [4.69, 9.17) is 4.74 Å². The molecule has 0 bridgehead atoms. The van der Waals surface area contributed by atoms with E-state index in [2.05, 4.69) is 26.3 Å². The summed E-state index contributed by atoms with van der Waals surface area (Å²) in [5, 5.41) is 7.32. The number of nitrogens with one attached hydrogen (secondary N) is 1. The van der Waals surface area contributed by atoms with E-state index in [-0.39, 0.29) is 11.8 Å². The molecule has 4 rings (SSSR count). The number of ether oxygens (including phenoxy) is 1. The smallest absolute Gasteiger partial charge is 0.232 e. The largest absolute Gasteiger partial charge is 0.492 e. The highest BCUT2D eigenvalue weighted by Gasteiger charge is 2.26. The summed E-state index contributed by atoms with van der Waals surface area (Å²) in [6.45, 7) is 0.990. The van der Waals surface area contributed by atoms with E-state index in [1.807, 2.05) is 54.6 Å². The predicted molar refractivity (Wildman–Crippen MR) is 103 cm³/mol. The number of aromatic nitrogens is 2. The van der Waals surface area contributed by atoms with Gasteiger partial charge in [-0.3, -0.25) is 4.79 Å². The molecule has 1 aliphatic heterocycles. The molecule has 1 atom stereocenters. The third-order valence-corrected chi connectivity index (χ3v) is 4.99. The number of nitrogens with zero attached hydrogens (tertiary/aromatic N) is 2. The molecule has 1 aromatic heterocycles. The van der Waals surface area contributed by atoms with Gasteiger partial charge in [-0.05, 0) is 35.7 Å². The molecule has 6 heteroatoms. The van der Waals surface area contributed by atoms with Gasteiger partial charge in [0.05, 0.1) is 18.7 Å². The van der Waals surface area contributed by atoms with Crippen LogP contribution in [0.2, 0.25) is 0 Å². The molecule has 3 aromatic rings. The van der Waals surface area contributed by atoms with Crippen LogP contribution in [0.5, 0.6) is 5.75 Å². The molecule has 2 aromatic carbocycles. The molecule has 1 N–H and O–H groups in total. The lowest BCUT2D eigenvalue weighted by Gasteiger charge is -2.24. The highest BCUT2D eigenvalue weighted by molar-refractivity contribution is 9.10. The van der Waals surface area contributed by atoms with Gasteiger partial charge in [-0.25, -0.2) is 4.68 Å². The predicted octanol–water partition coefficient (Wildman–Crippen LogP) is 3.88. The van der Waals surface area contributed by atoms with E-state index < -0.39 is 0 Å². The van der Waals surface area contributed by atoms with Gasteiger partial charge < -0.3 is 10.1 Å². The second-order valence-electron chi connectivity index (χ2n) is 6.31. The lowest BCUT2D eigenvalue weighted by Crippen LogP contribution is -2.33. The van der Waals surface area contributed by atoms with E-state index in [0.29, 0.717) is 25.4 Å². The summed E-state index contributed by atoms with van der Waals surface area (Å²) in [5.74, 6) is 1.31. The third-order valence-electron chi connectivity index (χ3n) is 4.46. The summed E-state index contributed by atoms with van der Waals surface area (Å²) < 4.78 is 8.55. The Hall–Kier alpha value is -2.60. The van der Waals surface area contributed by atoms with Crippen LogP contribution in [0.3, 0.4) is 0 Å². The number of anilines is 1. The van der Waals surface area contributed by atoms with Crippen LogP contribution in [-0.2, 0) is 17.8 Å². The SMILES string of the molecule is O=C(Nc1ccnn1Cc1ccc(Br)cc1)[C@H]1COc2ccccc2C1. The van der Waals surface area contributed by atoms with Gasteiger partial charge in [0.25, 0.3) is 0 Å². The number of amides is 1. The fraction of sp³-hybridized carbons (Fsp3) is 0.200. The summed E-state index contributed by atoms with van der Waals surface area (Å²) in [6.07, 6.45) is 2.38. The summed E-state index contributed by atoms with van der Waals surface area (Å²) >= 11 is 3.43. The van der Waals surface area contributed by atoms with E-state index in [1.54, 1.807) is 10.9 Å². The summed E-state index contributed by atoms with van der Waals surface area (Å²) in [4.78, 5) is 12.7. The molecule has 0 saturated carbocycles. The first kappa shape index (κ1) is 16.8. The van der Waals surface area contributed by atoms with Crippen molar-refractivity contribution in [1.82, 2.24) is 9.78 Å². The Balaban J connectivity index is 1.44. The maximum atomic E-state index is 12.7. The Bertz CT molecular complexity index is 921. The second-order valence-corrected chi connectivity index (χ2v) is 7.23. The van der Waals surface area contributed by atoms with Crippen molar-refractivity contribution in [1.29, 1.82) is 0 Å². The topological polar surface area (TPSA) is 56.2 Å². The van der Waals surface area contributed by atoms with Crippen molar-refractivity contribution in [2.24, 2.45) is 5.92 Å². The number of carbonyl (C=O) groups is 1. The molecule has 1 amide bonds. The Morgan fingerprint density at radius 3 is 2.85 bits per heavy atom. The van der Waals surface area contributed by atoms with Gasteiger partial charge in [-0.2, -0.15) is 5.10 Å². The number of fused-ring (bicyclic) bond motifs is 1. The van der Waals surface area contributed by atoms with Gasteiger partial charge in [0, 0.05) is 10.5 Å². The maximum absolute atomic E-state index is 12.7.